The summed E-state index contributed by atoms with van der Waals surface area (Å²) in [5, 5.41) is 2.21. The second-order valence-corrected chi connectivity index (χ2v) is 2.88. The van der Waals surface area contributed by atoms with Gasteiger partial charge in [-0.25, -0.2) is 4.39 Å². The summed E-state index contributed by atoms with van der Waals surface area (Å²) < 4.78 is 12.8. The molecule has 0 aromatic heterocycles. The van der Waals surface area contributed by atoms with E-state index < -0.39 is 17.6 Å². The monoisotopic (exact) mass is 211 g/mol. The van der Waals surface area contributed by atoms with Gasteiger partial charge in [-0.15, -0.1) is 0 Å². The predicted octanol–water partition coefficient (Wildman–Crippen LogP) is -0.377. The van der Waals surface area contributed by atoms with E-state index in [1.807, 2.05) is 0 Å². The van der Waals surface area contributed by atoms with E-state index in [2.05, 4.69) is 5.32 Å². The molecule has 0 radical (unpaired) electrons. The molecule has 6 heteroatoms. The molecule has 0 aliphatic heterocycles. The summed E-state index contributed by atoms with van der Waals surface area (Å²) in [7, 11) is 0. The van der Waals surface area contributed by atoms with Crippen LogP contribution in [0.2, 0.25) is 0 Å². The summed E-state index contributed by atoms with van der Waals surface area (Å²) in [6, 6.07) is 3.40. The van der Waals surface area contributed by atoms with Crippen LogP contribution in [0.5, 0.6) is 0 Å². The van der Waals surface area contributed by atoms with Crippen LogP contribution in [-0.2, 0) is 4.79 Å². The lowest BCUT2D eigenvalue weighted by Crippen LogP contribution is -2.33. The Morgan fingerprint density at radius 2 is 2.07 bits per heavy atom. The van der Waals surface area contributed by atoms with E-state index in [0.29, 0.717) is 0 Å². The number of rotatable bonds is 3. The van der Waals surface area contributed by atoms with Crippen LogP contribution in [0.15, 0.2) is 18.2 Å². The normalized spacial score (nSPS) is 9.67. The number of hydrogen-bond donors (Lipinski definition) is 3. The van der Waals surface area contributed by atoms with Crippen molar-refractivity contribution >= 4 is 17.5 Å². The van der Waals surface area contributed by atoms with E-state index >= 15 is 0 Å². The summed E-state index contributed by atoms with van der Waals surface area (Å²) >= 11 is 0. The molecule has 1 aromatic rings. The Hall–Kier alpha value is -2.11. The Morgan fingerprint density at radius 1 is 1.40 bits per heavy atom. The van der Waals surface area contributed by atoms with Crippen molar-refractivity contribution in [1.82, 2.24) is 5.32 Å². The van der Waals surface area contributed by atoms with Crippen LogP contribution in [-0.4, -0.2) is 18.4 Å². The average Bonchev–Trinajstić information content (AvgIpc) is 2.18. The van der Waals surface area contributed by atoms with E-state index in [0.717, 1.165) is 12.1 Å². The van der Waals surface area contributed by atoms with Gasteiger partial charge in [0.25, 0.3) is 5.91 Å². The Balaban J connectivity index is 2.81. The molecule has 0 fully saturated rings. The summed E-state index contributed by atoms with van der Waals surface area (Å²) in [6.45, 7) is -0.311. The van der Waals surface area contributed by atoms with Crippen molar-refractivity contribution in [3.63, 3.8) is 0 Å². The first-order valence-electron chi connectivity index (χ1n) is 4.12. The van der Waals surface area contributed by atoms with Crippen molar-refractivity contribution in [3.05, 3.63) is 29.6 Å². The van der Waals surface area contributed by atoms with Crippen molar-refractivity contribution in [2.45, 2.75) is 0 Å². The average molecular weight is 211 g/mol. The number of carbonyl (C=O) groups excluding carboxylic acids is 2. The number of nitrogens with two attached hydrogens (primary N) is 2. The fourth-order valence-corrected chi connectivity index (χ4v) is 0.988. The number of amides is 2. The van der Waals surface area contributed by atoms with Gasteiger partial charge in [-0.1, -0.05) is 0 Å². The molecule has 80 valence electrons. The van der Waals surface area contributed by atoms with E-state index in [9.17, 15) is 14.0 Å². The van der Waals surface area contributed by atoms with Gasteiger partial charge in [-0.2, -0.15) is 0 Å². The van der Waals surface area contributed by atoms with E-state index in [1.165, 1.54) is 6.07 Å². The number of carbonyl (C=O) groups is 2. The minimum absolute atomic E-state index is 0.0174. The molecule has 5 nitrogen and oxygen atoms in total. The lowest BCUT2D eigenvalue weighted by atomic mass is 10.1. The highest BCUT2D eigenvalue weighted by atomic mass is 19.1. The summed E-state index contributed by atoms with van der Waals surface area (Å²) in [6.07, 6.45) is 0. The van der Waals surface area contributed by atoms with Crippen molar-refractivity contribution in [1.29, 1.82) is 0 Å². The molecule has 0 spiro atoms. The minimum atomic E-state index is -0.682. The van der Waals surface area contributed by atoms with Crippen molar-refractivity contribution in [2.24, 2.45) is 5.73 Å². The number of nitrogen functional groups attached to an aromatic ring is 1. The zero-order chi connectivity index (χ0) is 11.4. The molecule has 0 saturated carbocycles. The maximum Gasteiger partial charge on any atom is 0.253 e. The molecule has 0 unspecified atom stereocenters. The molecule has 0 heterocycles. The van der Waals surface area contributed by atoms with Gasteiger partial charge in [0.05, 0.1) is 12.1 Å². The molecular formula is C9H10FN3O2. The topological polar surface area (TPSA) is 98.2 Å². The van der Waals surface area contributed by atoms with Gasteiger partial charge >= 0.3 is 0 Å². The third-order valence-electron chi connectivity index (χ3n) is 1.68. The number of anilines is 1. The number of halogens is 1. The van der Waals surface area contributed by atoms with Gasteiger partial charge < -0.3 is 16.8 Å². The molecule has 2 amide bonds. The molecule has 0 atom stereocenters. The zero-order valence-electron chi connectivity index (χ0n) is 7.79. The fourth-order valence-electron chi connectivity index (χ4n) is 0.988. The highest BCUT2D eigenvalue weighted by Gasteiger charge is 2.10. The molecular weight excluding hydrogens is 201 g/mol. The summed E-state index contributed by atoms with van der Waals surface area (Å²) in [5.74, 6) is -1.89. The zero-order valence-corrected chi connectivity index (χ0v) is 7.79. The van der Waals surface area contributed by atoms with Crippen LogP contribution in [0.4, 0.5) is 10.1 Å². The first-order chi connectivity index (χ1) is 7.00. The predicted molar refractivity (Wildman–Crippen MR) is 52.3 cm³/mol. The van der Waals surface area contributed by atoms with Crippen LogP contribution in [0.3, 0.4) is 0 Å². The SMILES string of the molecule is NC(=O)CNC(=O)c1cc(F)ccc1N. The number of hydrogen-bond acceptors (Lipinski definition) is 3. The molecule has 0 bridgehead atoms. The van der Waals surface area contributed by atoms with Crippen LogP contribution in [0.1, 0.15) is 10.4 Å². The van der Waals surface area contributed by atoms with E-state index in [4.69, 9.17) is 11.5 Å². The second-order valence-electron chi connectivity index (χ2n) is 2.88. The highest BCUT2D eigenvalue weighted by Crippen LogP contribution is 2.12. The largest absolute Gasteiger partial charge is 0.398 e. The van der Waals surface area contributed by atoms with Crippen molar-refractivity contribution in [3.8, 4) is 0 Å². The number of primary amides is 1. The quantitative estimate of drug-likeness (QED) is 0.594. The molecule has 0 aliphatic rings. The van der Waals surface area contributed by atoms with Crippen LogP contribution in [0.25, 0.3) is 0 Å². The second kappa shape index (κ2) is 4.41. The number of benzene rings is 1. The van der Waals surface area contributed by atoms with E-state index in [1.54, 1.807) is 0 Å². The standard InChI is InChI=1S/C9H10FN3O2/c10-5-1-2-7(11)6(3-5)9(15)13-4-8(12)14/h1-3H,4,11H2,(H2,12,14)(H,13,15). The lowest BCUT2D eigenvalue weighted by molar-refractivity contribution is -0.117. The molecule has 15 heavy (non-hydrogen) atoms. The van der Waals surface area contributed by atoms with Gasteiger partial charge in [0, 0.05) is 5.69 Å². The van der Waals surface area contributed by atoms with Gasteiger partial charge in [-0.05, 0) is 18.2 Å². The molecule has 1 aromatic carbocycles. The maximum atomic E-state index is 12.8. The smallest absolute Gasteiger partial charge is 0.253 e. The Morgan fingerprint density at radius 3 is 2.67 bits per heavy atom. The van der Waals surface area contributed by atoms with Gasteiger partial charge in [0.2, 0.25) is 5.91 Å². The molecule has 5 N–H and O–H groups in total. The Labute approximate surface area is 85.2 Å². The van der Waals surface area contributed by atoms with Crippen molar-refractivity contribution < 1.29 is 14.0 Å². The van der Waals surface area contributed by atoms with Crippen molar-refractivity contribution in [2.75, 3.05) is 12.3 Å². The third kappa shape index (κ3) is 2.94. The van der Waals surface area contributed by atoms with E-state index in [-0.39, 0.29) is 17.8 Å². The molecule has 0 saturated heterocycles. The molecule has 0 aliphatic carbocycles. The highest BCUT2D eigenvalue weighted by molar-refractivity contribution is 6.00. The first kappa shape index (κ1) is 11.0. The minimum Gasteiger partial charge on any atom is -0.398 e. The lowest BCUT2D eigenvalue weighted by Gasteiger charge is -2.05. The maximum absolute atomic E-state index is 12.8. The molecule has 1 rings (SSSR count). The number of nitrogens with one attached hydrogen (secondary N) is 1. The van der Waals surface area contributed by atoms with Gasteiger partial charge in [0.1, 0.15) is 5.82 Å². The van der Waals surface area contributed by atoms with Gasteiger partial charge in [-0.3, -0.25) is 9.59 Å². The van der Waals surface area contributed by atoms with Gasteiger partial charge in [0.15, 0.2) is 0 Å². The third-order valence-corrected chi connectivity index (χ3v) is 1.68. The Bertz CT molecular complexity index is 406. The summed E-state index contributed by atoms with van der Waals surface area (Å²) in [5.41, 5.74) is 10.4. The van der Waals surface area contributed by atoms with Crippen LogP contribution >= 0.6 is 0 Å². The Kier molecular flexibility index (Phi) is 3.22. The summed E-state index contributed by atoms with van der Waals surface area (Å²) in [4.78, 5) is 21.7. The first-order valence-corrected chi connectivity index (χ1v) is 4.12. The fraction of sp³-hybridized carbons (Fsp3) is 0.111. The van der Waals surface area contributed by atoms with Crippen LogP contribution in [0, 0.1) is 5.82 Å². The van der Waals surface area contributed by atoms with Crippen LogP contribution < -0.4 is 16.8 Å².